The maximum absolute atomic E-state index is 13.0. The minimum absolute atomic E-state index is 0.120. The Morgan fingerprint density at radius 3 is 2.48 bits per heavy atom. The number of likely N-dealkylation sites (tertiary alicyclic amines) is 1. The van der Waals surface area contributed by atoms with Crippen LogP contribution in [0.1, 0.15) is 39.3 Å². The zero-order valence-electron chi connectivity index (χ0n) is 17.5. The highest BCUT2D eigenvalue weighted by Crippen LogP contribution is 2.40. The maximum atomic E-state index is 13.0. The van der Waals surface area contributed by atoms with Gasteiger partial charge in [-0.2, -0.15) is 5.10 Å². The van der Waals surface area contributed by atoms with Gasteiger partial charge < -0.3 is 15.1 Å². The van der Waals surface area contributed by atoms with E-state index in [-0.39, 0.29) is 22.1 Å². The molecule has 0 saturated carbocycles. The van der Waals surface area contributed by atoms with Gasteiger partial charge in [-0.15, -0.1) is 0 Å². The lowest BCUT2D eigenvalue weighted by Gasteiger charge is -2.29. The molecule has 5 rings (SSSR count). The fourth-order valence-electron chi connectivity index (χ4n) is 4.45. The fraction of sp³-hybridized carbons (Fsp3) is 0.261. The highest BCUT2D eigenvalue weighted by atomic mass is 32.2. The number of carbonyl (C=O) groups excluding carboxylic acids is 1. The van der Waals surface area contributed by atoms with Gasteiger partial charge in [0.2, 0.25) is 0 Å². The Morgan fingerprint density at radius 2 is 1.76 bits per heavy atom. The molecule has 2 N–H and O–H groups in total. The van der Waals surface area contributed by atoms with Crippen LogP contribution in [0.15, 0.2) is 53.4 Å². The van der Waals surface area contributed by atoms with Crippen LogP contribution in [0.2, 0.25) is 0 Å². The molecule has 0 radical (unpaired) electrons. The van der Waals surface area contributed by atoms with Crippen LogP contribution >= 0.6 is 0 Å². The molecule has 33 heavy (non-hydrogen) atoms. The van der Waals surface area contributed by atoms with Gasteiger partial charge in [0.05, 0.1) is 28.1 Å². The topological polar surface area (TPSA) is 130 Å². The summed E-state index contributed by atoms with van der Waals surface area (Å²) in [7, 11) is -3.72. The standard InChI is InChI=1S/C23H21N3O6S/c27-16-8-10-25(11-9-16)22(28)14-4-3-5-15(12-14)26-21-17-6-1-2-7-19(17)33(31,32)13-18(21)20(24-26)23(29)30/h1-7,12,16,27H,8-11,13H2,(H,29,30). The molecule has 1 aromatic heterocycles. The molecule has 2 aliphatic heterocycles. The van der Waals surface area contributed by atoms with Gasteiger partial charge >= 0.3 is 5.97 Å². The van der Waals surface area contributed by atoms with Crippen molar-refractivity contribution in [3.63, 3.8) is 0 Å². The van der Waals surface area contributed by atoms with Gasteiger partial charge in [-0.1, -0.05) is 24.3 Å². The Balaban J connectivity index is 1.63. The van der Waals surface area contributed by atoms with Crippen LogP contribution in [-0.4, -0.2) is 64.4 Å². The Morgan fingerprint density at radius 1 is 1.03 bits per heavy atom. The second-order valence-electron chi connectivity index (χ2n) is 8.22. The van der Waals surface area contributed by atoms with Gasteiger partial charge in [0.15, 0.2) is 15.5 Å². The van der Waals surface area contributed by atoms with Crippen molar-refractivity contribution in [2.45, 2.75) is 29.6 Å². The number of aromatic nitrogens is 2. The SMILES string of the molecule is O=C(O)c1nn(-c2cccc(C(=O)N3CCC(O)CC3)c2)c2c1CS(=O)(=O)c1ccccc1-2. The number of amides is 1. The molecule has 0 atom stereocenters. The molecule has 1 saturated heterocycles. The largest absolute Gasteiger partial charge is 0.476 e. The minimum atomic E-state index is -3.72. The summed E-state index contributed by atoms with van der Waals surface area (Å²) >= 11 is 0. The monoisotopic (exact) mass is 467 g/mol. The van der Waals surface area contributed by atoms with E-state index >= 15 is 0 Å². The number of carboxylic acids is 1. The average molecular weight is 468 g/mol. The third-order valence-electron chi connectivity index (χ3n) is 6.09. The van der Waals surface area contributed by atoms with Crippen molar-refractivity contribution < 1.29 is 28.2 Å². The third kappa shape index (κ3) is 3.61. The zero-order chi connectivity index (χ0) is 23.3. The van der Waals surface area contributed by atoms with Crippen LogP contribution in [-0.2, 0) is 15.6 Å². The fourth-order valence-corrected chi connectivity index (χ4v) is 6.04. The molecule has 2 aliphatic rings. The van der Waals surface area contributed by atoms with Crippen LogP contribution in [0.5, 0.6) is 0 Å². The van der Waals surface area contributed by atoms with Gasteiger partial charge in [0.25, 0.3) is 5.91 Å². The van der Waals surface area contributed by atoms with E-state index in [1.807, 2.05) is 0 Å². The molecular formula is C23H21N3O6S. The number of aliphatic hydroxyl groups excluding tert-OH is 1. The van der Waals surface area contributed by atoms with Crippen LogP contribution in [0.25, 0.3) is 16.9 Å². The van der Waals surface area contributed by atoms with E-state index in [9.17, 15) is 28.2 Å². The van der Waals surface area contributed by atoms with Gasteiger partial charge in [-0.25, -0.2) is 17.9 Å². The molecule has 3 aromatic rings. The number of carbonyl (C=O) groups is 2. The number of aromatic carboxylic acids is 1. The Kier molecular flexibility index (Phi) is 5.06. The molecule has 3 heterocycles. The van der Waals surface area contributed by atoms with E-state index in [2.05, 4.69) is 5.10 Å². The molecule has 0 aliphatic carbocycles. The van der Waals surface area contributed by atoms with Crippen LogP contribution < -0.4 is 0 Å². The maximum Gasteiger partial charge on any atom is 0.356 e. The molecule has 9 nitrogen and oxygen atoms in total. The van der Waals surface area contributed by atoms with Gasteiger partial charge in [-0.05, 0) is 37.1 Å². The quantitative estimate of drug-likeness (QED) is 0.603. The van der Waals surface area contributed by atoms with Crippen molar-refractivity contribution in [1.82, 2.24) is 14.7 Å². The van der Waals surface area contributed by atoms with Gasteiger partial charge in [0.1, 0.15) is 0 Å². The second-order valence-corrected chi connectivity index (χ2v) is 10.2. The lowest BCUT2D eigenvalue weighted by atomic mass is 10.0. The predicted molar refractivity (Wildman–Crippen MR) is 118 cm³/mol. The van der Waals surface area contributed by atoms with Gasteiger partial charge in [0, 0.05) is 29.8 Å². The van der Waals surface area contributed by atoms with Gasteiger partial charge in [-0.3, -0.25) is 4.79 Å². The number of hydrogen-bond donors (Lipinski definition) is 2. The number of piperidine rings is 1. The first-order valence-corrected chi connectivity index (χ1v) is 12.2. The summed E-state index contributed by atoms with van der Waals surface area (Å²) in [6.45, 7) is 0.908. The average Bonchev–Trinajstić information content (AvgIpc) is 3.18. The first kappa shape index (κ1) is 21.4. The van der Waals surface area contributed by atoms with Crippen molar-refractivity contribution >= 4 is 21.7 Å². The lowest BCUT2D eigenvalue weighted by Crippen LogP contribution is -2.40. The highest BCUT2D eigenvalue weighted by Gasteiger charge is 2.36. The summed E-state index contributed by atoms with van der Waals surface area (Å²) in [5.74, 6) is -1.97. The number of fused-ring (bicyclic) bond motifs is 3. The van der Waals surface area contributed by atoms with E-state index in [0.29, 0.717) is 48.4 Å². The molecule has 0 unspecified atom stereocenters. The molecule has 10 heteroatoms. The number of rotatable bonds is 3. The Hall–Kier alpha value is -3.50. The molecule has 170 valence electrons. The lowest BCUT2D eigenvalue weighted by molar-refractivity contribution is 0.0545. The zero-order valence-corrected chi connectivity index (χ0v) is 18.3. The number of benzene rings is 2. The van der Waals surface area contributed by atoms with Crippen molar-refractivity contribution in [2.24, 2.45) is 0 Å². The van der Waals surface area contributed by atoms with Crippen LogP contribution in [0, 0.1) is 0 Å². The summed E-state index contributed by atoms with van der Waals surface area (Å²) < 4.78 is 27.0. The molecule has 1 fully saturated rings. The number of nitrogens with zero attached hydrogens (tertiary/aromatic N) is 3. The van der Waals surface area contributed by atoms with Crippen LogP contribution in [0.3, 0.4) is 0 Å². The van der Waals surface area contributed by atoms with Crippen molar-refractivity contribution in [1.29, 1.82) is 0 Å². The first-order valence-electron chi connectivity index (χ1n) is 10.5. The van der Waals surface area contributed by atoms with Crippen LogP contribution in [0.4, 0.5) is 0 Å². The Labute approximate surface area is 189 Å². The minimum Gasteiger partial charge on any atom is -0.476 e. The number of sulfone groups is 1. The van der Waals surface area contributed by atoms with Crippen molar-refractivity contribution in [3.05, 3.63) is 65.4 Å². The highest BCUT2D eigenvalue weighted by molar-refractivity contribution is 7.90. The molecule has 0 spiro atoms. The number of aliphatic hydroxyl groups is 1. The third-order valence-corrected chi connectivity index (χ3v) is 7.78. The summed E-state index contributed by atoms with van der Waals surface area (Å²) in [6, 6.07) is 13.1. The van der Waals surface area contributed by atoms with E-state index in [1.54, 1.807) is 47.4 Å². The molecule has 2 aromatic carbocycles. The second kappa shape index (κ2) is 7.82. The normalized spacial score (nSPS) is 17.3. The molecular weight excluding hydrogens is 446 g/mol. The summed E-state index contributed by atoms with van der Waals surface area (Å²) in [6.07, 6.45) is 0.637. The first-order chi connectivity index (χ1) is 15.8. The van der Waals surface area contributed by atoms with E-state index in [1.165, 1.54) is 10.7 Å². The number of hydrogen-bond acceptors (Lipinski definition) is 6. The smallest absolute Gasteiger partial charge is 0.356 e. The summed E-state index contributed by atoms with van der Waals surface area (Å²) in [5.41, 5.74) is 1.43. The molecule has 0 bridgehead atoms. The van der Waals surface area contributed by atoms with E-state index in [4.69, 9.17) is 0 Å². The summed E-state index contributed by atoms with van der Waals surface area (Å²) in [5, 5.41) is 23.7. The number of carboxylic acid groups (broad SMARTS) is 1. The molecule has 1 amide bonds. The predicted octanol–water partition coefficient (Wildman–Crippen LogP) is 2.12. The van der Waals surface area contributed by atoms with Crippen molar-refractivity contribution in [3.8, 4) is 16.9 Å². The Bertz CT molecular complexity index is 1390. The summed E-state index contributed by atoms with van der Waals surface area (Å²) in [4.78, 5) is 26.7. The van der Waals surface area contributed by atoms with E-state index in [0.717, 1.165) is 0 Å². The van der Waals surface area contributed by atoms with Crippen molar-refractivity contribution in [2.75, 3.05) is 13.1 Å². The van der Waals surface area contributed by atoms with E-state index < -0.39 is 27.7 Å².